The zero-order valence-corrected chi connectivity index (χ0v) is 20.3. The van der Waals surface area contributed by atoms with Gasteiger partial charge in [-0.05, 0) is 12.5 Å². The van der Waals surface area contributed by atoms with E-state index in [1.54, 1.807) is 24.3 Å². The first-order valence-corrected chi connectivity index (χ1v) is 11.0. The van der Waals surface area contributed by atoms with E-state index in [1.165, 1.54) is 6.92 Å². The average molecular weight is 542 g/mol. The zero-order valence-electron chi connectivity index (χ0n) is 16.6. The molecular weight excluding hydrogens is 524 g/mol. The molecule has 0 aromatic heterocycles. The zero-order chi connectivity index (χ0) is 24.0. The molecule has 0 fully saturated rings. The van der Waals surface area contributed by atoms with Gasteiger partial charge in [0, 0.05) is 6.42 Å². The van der Waals surface area contributed by atoms with Crippen LogP contribution in [0.1, 0.15) is 12.5 Å². The highest BCUT2D eigenvalue weighted by atomic mass is 35.5. The van der Waals surface area contributed by atoms with Gasteiger partial charge in [-0.1, -0.05) is 88.3 Å². The van der Waals surface area contributed by atoms with E-state index in [-0.39, 0.29) is 37.3 Å². The SMILES string of the molecule is CC(N)C(=O)NC(Cc1ccccc1)C(=O)NCC(=O)Oc1c(Cl)c(Cl)c(Cl)c(Cl)c1Cl. The van der Waals surface area contributed by atoms with E-state index < -0.39 is 36.4 Å². The smallest absolute Gasteiger partial charge is 0.330 e. The fraction of sp³-hybridized carbons (Fsp3) is 0.250. The molecule has 0 bridgehead atoms. The summed E-state index contributed by atoms with van der Waals surface area (Å²) in [5.74, 6) is -2.34. The molecule has 32 heavy (non-hydrogen) atoms. The standard InChI is InChI=1S/C20H18Cl5N3O4/c1-9(26)19(30)28-11(7-10-5-3-2-4-6-10)20(31)27-8-12(29)32-18-16(24)14(22)13(21)15(23)17(18)25/h2-6,9,11H,7-8,26H2,1H3,(H,27,31)(H,28,30). The molecular formula is C20H18Cl5N3O4. The predicted molar refractivity (Wildman–Crippen MR) is 126 cm³/mol. The van der Waals surface area contributed by atoms with Gasteiger partial charge in [0.15, 0.2) is 5.75 Å². The van der Waals surface area contributed by atoms with E-state index in [2.05, 4.69) is 10.6 Å². The minimum absolute atomic E-state index is 0.0925. The Morgan fingerprint density at radius 2 is 1.44 bits per heavy atom. The third-order valence-electron chi connectivity index (χ3n) is 4.12. The van der Waals surface area contributed by atoms with Crippen LogP contribution in [0, 0.1) is 0 Å². The molecule has 12 heteroatoms. The molecule has 2 aromatic rings. The fourth-order valence-electron chi connectivity index (χ4n) is 2.47. The molecule has 0 saturated carbocycles. The molecule has 7 nitrogen and oxygen atoms in total. The van der Waals surface area contributed by atoms with Crippen LogP contribution in [-0.2, 0) is 20.8 Å². The first kappa shape index (κ1) is 26.5. The lowest BCUT2D eigenvalue weighted by atomic mass is 10.0. The minimum Gasteiger partial charge on any atom is -0.422 e. The lowest BCUT2D eigenvalue weighted by Crippen LogP contribution is -2.52. The van der Waals surface area contributed by atoms with E-state index in [4.69, 9.17) is 68.5 Å². The number of carbonyl (C=O) groups is 3. The molecule has 2 atom stereocenters. The van der Waals surface area contributed by atoms with Gasteiger partial charge in [0.05, 0.1) is 21.1 Å². The van der Waals surface area contributed by atoms with Crippen molar-refractivity contribution in [3.8, 4) is 5.75 Å². The van der Waals surface area contributed by atoms with Gasteiger partial charge >= 0.3 is 5.97 Å². The van der Waals surface area contributed by atoms with Crippen LogP contribution in [0.2, 0.25) is 25.1 Å². The summed E-state index contributed by atoms with van der Waals surface area (Å²) >= 11 is 29.8. The van der Waals surface area contributed by atoms with Gasteiger partial charge < -0.3 is 21.1 Å². The van der Waals surface area contributed by atoms with Crippen molar-refractivity contribution in [3.63, 3.8) is 0 Å². The number of ether oxygens (including phenoxy) is 1. The van der Waals surface area contributed by atoms with Gasteiger partial charge in [-0.3, -0.25) is 9.59 Å². The molecule has 0 aliphatic rings. The second-order valence-electron chi connectivity index (χ2n) is 6.63. The minimum atomic E-state index is -0.977. The molecule has 0 radical (unpaired) electrons. The quantitative estimate of drug-likeness (QED) is 0.202. The number of hydrogen-bond acceptors (Lipinski definition) is 5. The Kier molecular flexibility index (Phi) is 9.88. The van der Waals surface area contributed by atoms with Crippen molar-refractivity contribution in [2.45, 2.75) is 25.4 Å². The van der Waals surface area contributed by atoms with Crippen molar-refractivity contribution in [2.75, 3.05) is 6.54 Å². The summed E-state index contributed by atoms with van der Waals surface area (Å²) in [6, 6.07) is 7.20. The van der Waals surface area contributed by atoms with Gasteiger partial charge in [-0.2, -0.15) is 0 Å². The Bertz CT molecular complexity index is 989. The molecule has 2 rings (SSSR count). The summed E-state index contributed by atoms with van der Waals surface area (Å²) in [5, 5.41) is 4.16. The number of hydrogen-bond donors (Lipinski definition) is 3. The Morgan fingerprint density at radius 3 is 1.97 bits per heavy atom. The third-order valence-corrected chi connectivity index (χ3v) is 6.36. The second kappa shape index (κ2) is 11.9. The maximum atomic E-state index is 12.7. The summed E-state index contributed by atoms with van der Waals surface area (Å²) in [6.07, 6.45) is 0.181. The summed E-state index contributed by atoms with van der Waals surface area (Å²) < 4.78 is 5.11. The molecule has 2 amide bonds. The molecule has 2 aromatic carbocycles. The maximum Gasteiger partial charge on any atom is 0.330 e. The van der Waals surface area contributed by atoms with Crippen molar-refractivity contribution in [1.82, 2.24) is 10.6 Å². The van der Waals surface area contributed by atoms with Crippen LogP contribution >= 0.6 is 58.0 Å². The molecule has 0 aliphatic carbocycles. The average Bonchev–Trinajstić information content (AvgIpc) is 2.77. The number of rotatable bonds is 8. The van der Waals surface area contributed by atoms with E-state index in [9.17, 15) is 14.4 Å². The lowest BCUT2D eigenvalue weighted by Gasteiger charge is -2.20. The number of carbonyl (C=O) groups excluding carboxylic acids is 3. The predicted octanol–water partition coefficient (Wildman–Crippen LogP) is 4.05. The molecule has 0 spiro atoms. The van der Waals surface area contributed by atoms with Crippen LogP contribution in [0.3, 0.4) is 0 Å². The first-order valence-electron chi connectivity index (χ1n) is 9.12. The molecule has 0 aliphatic heterocycles. The van der Waals surface area contributed by atoms with E-state index >= 15 is 0 Å². The molecule has 0 heterocycles. The van der Waals surface area contributed by atoms with Gasteiger partial charge in [-0.25, -0.2) is 4.79 Å². The van der Waals surface area contributed by atoms with Crippen LogP contribution in [0.25, 0.3) is 0 Å². The van der Waals surface area contributed by atoms with Crippen molar-refractivity contribution in [2.24, 2.45) is 5.73 Å². The number of nitrogens with one attached hydrogen (secondary N) is 2. The number of benzene rings is 2. The Balaban J connectivity index is 2.08. The van der Waals surface area contributed by atoms with Gasteiger partial charge in [0.25, 0.3) is 0 Å². The van der Waals surface area contributed by atoms with Crippen LogP contribution < -0.4 is 21.1 Å². The van der Waals surface area contributed by atoms with E-state index in [1.807, 2.05) is 6.07 Å². The highest BCUT2D eigenvalue weighted by molar-refractivity contribution is 6.55. The van der Waals surface area contributed by atoms with Gasteiger partial charge in [0.2, 0.25) is 11.8 Å². The van der Waals surface area contributed by atoms with E-state index in [0.29, 0.717) is 0 Å². The maximum absolute atomic E-state index is 12.7. The summed E-state index contributed by atoms with van der Waals surface area (Å²) in [4.78, 5) is 36.9. The molecule has 0 saturated heterocycles. The highest BCUT2D eigenvalue weighted by Gasteiger charge is 2.25. The van der Waals surface area contributed by atoms with Crippen molar-refractivity contribution in [3.05, 3.63) is 61.0 Å². The Morgan fingerprint density at radius 1 is 0.906 bits per heavy atom. The Hall–Kier alpha value is -1.74. The summed E-state index contributed by atoms with van der Waals surface area (Å²) in [6.45, 7) is 0.933. The monoisotopic (exact) mass is 539 g/mol. The highest BCUT2D eigenvalue weighted by Crippen LogP contribution is 2.48. The van der Waals surface area contributed by atoms with Crippen molar-refractivity contribution < 1.29 is 19.1 Å². The molecule has 172 valence electrons. The van der Waals surface area contributed by atoms with Crippen LogP contribution in [-0.4, -0.2) is 36.4 Å². The van der Waals surface area contributed by atoms with Gasteiger partial charge in [0.1, 0.15) is 22.6 Å². The van der Waals surface area contributed by atoms with Crippen molar-refractivity contribution >= 4 is 75.8 Å². The topological polar surface area (TPSA) is 111 Å². The van der Waals surface area contributed by atoms with Gasteiger partial charge in [-0.15, -0.1) is 0 Å². The summed E-state index contributed by atoms with van der Waals surface area (Å²) in [5.41, 5.74) is 6.37. The Labute approximate surface area is 209 Å². The molecule has 4 N–H and O–H groups in total. The largest absolute Gasteiger partial charge is 0.422 e. The second-order valence-corrected chi connectivity index (χ2v) is 8.52. The number of amides is 2. The molecule has 2 unspecified atom stereocenters. The van der Waals surface area contributed by atoms with Crippen LogP contribution in [0.5, 0.6) is 5.75 Å². The third kappa shape index (κ3) is 6.88. The van der Waals surface area contributed by atoms with Crippen LogP contribution in [0.4, 0.5) is 0 Å². The number of nitrogens with two attached hydrogens (primary N) is 1. The summed E-state index contributed by atoms with van der Waals surface area (Å²) in [7, 11) is 0. The number of halogens is 5. The normalized spacial score (nSPS) is 12.6. The van der Waals surface area contributed by atoms with Crippen LogP contribution in [0.15, 0.2) is 30.3 Å². The number of esters is 1. The first-order chi connectivity index (χ1) is 15.0. The van der Waals surface area contributed by atoms with Crippen molar-refractivity contribution in [1.29, 1.82) is 0 Å². The fourth-order valence-corrected chi connectivity index (χ4v) is 3.67. The van der Waals surface area contributed by atoms with E-state index in [0.717, 1.165) is 5.56 Å². The lowest BCUT2D eigenvalue weighted by molar-refractivity contribution is -0.136.